The molecule has 0 saturated heterocycles. The Balaban J connectivity index is 1.90. The SMILES string of the molecule is CCOc1cc(C(=O)Nc2nc(-c3ccc(C)c(C)c3)cs2)c([N+](=O)[O-])cc1OC. The van der Waals surface area contributed by atoms with Crippen LogP contribution in [-0.4, -0.2) is 29.5 Å². The van der Waals surface area contributed by atoms with Gasteiger partial charge in [-0.1, -0.05) is 12.1 Å². The Labute approximate surface area is 177 Å². The molecule has 0 atom stereocenters. The van der Waals surface area contributed by atoms with Crippen LogP contribution in [0.3, 0.4) is 0 Å². The summed E-state index contributed by atoms with van der Waals surface area (Å²) >= 11 is 1.24. The predicted octanol–water partition coefficient (Wildman–Crippen LogP) is 4.99. The lowest BCUT2D eigenvalue weighted by Gasteiger charge is -2.11. The zero-order chi connectivity index (χ0) is 21.8. The Morgan fingerprint density at radius 1 is 1.20 bits per heavy atom. The molecule has 1 N–H and O–H groups in total. The third-order valence-electron chi connectivity index (χ3n) is 4.55. The van der Waals surface area contributed by atoms with Gasteiger partial charge in [0.1, 0.15) is 5.56 Å². The van der Waals surface area contributed by atoms with Crippen molar-refractivity contribution in [1.82, 2.24) is 4.98 Å². The number of carbonyl (C=O) groups is 1. The van der Waals surface area contributed by atoms with Gasteiger partial charge in [0.15, 0.2) is 16.6 Å². The van der Waals surface area contributed by atoms with E-state index < -0.39 is 10.8 Å². The summed E-state index contributed by atoms with van der Waals surface area (Å²) in [6, 6.07) is 8.50. The van der Waals surface area contributed by atoms with Crippen LogP contribution < -0.4 is 14.8 Å². The van der Waals surface area contributed by atoms with E-state index in [1.54, 1.807) is 6.92 Å². The first-order chi connectivity index (χ1) is 14.3. The number of hydrogen-bond acceptors (Lipinski definition) is 7. The number of anilines is 1. The second-order valence-electron chi connectivity index (χ2n) is 6.50. The molecule has 3 rings (SSSR count). The highest BCUT2D eigenvalue weighted by atomic mass is 32.1. The van der Waals surface area contributed by atoms with E-state index in [1.165, 1.54) is 36.1 Å². The minimum absolute atomic E-state index is 0.132. The number of nitro groups is 1. The highest BCUT2D eigenvalue weighted by molar-refractivity contribution is 7.14. The number of nitro benzene ring substituents is 1. The van der Waals surface area contributed by atoms with Crippen LogP contribution in [0, 0.1) is 24.0 Å². The first-order valence-corrected chi connectivity index (χ1v) is 10.1. The summed E-state index contributed by atoms with van der Waals surface area (Å²) in [5.74, 6) is -0.205. The van der Waals surface area contributed by atoms with E-state index >= 15 is 0 Å². The second-order valence-corrected chi connectivity index (χ2v) is 7.36. The minimum Gasteiger partial charge on any atom is -0.493 e. The van der Waals surface area contributed by atoms with E-state index in [2.05, 4.69) is 10.3 Å². The van der Waals surface area contributed by atoms with Crippen molar-refractivity contribution in [3.63, 3.8) is 0 Å². The molecule has 0 fully saturated rings. The Morgan fingerprint density at radius 2 is 1.97 bits per heavy atom. The van der Waals surface area contributed by atoms with E-state index in [4.69, 9.17) is 9.47 Å². The van der Waals surface area contributed by atoms with Crippen molar-refractivity contribution in [2.75, 3.05) is 19.0 Å². The Kier molecular flexibility index (Phi) is 6.31. The highest BCUT2D eigenvalue weighted by Crippen LogP contribution is 2.35. The van der Waals surface area contributed by atoms with E-state index in [9.17, 15) is 14.9 Å². The molecular formula is C21H21N3O5S. The summed E-state index contributed by atoms with van der Waals surface area (Å²) in [7, 11) is 1.38. The molecule has 8 nitrogen and oxygen atoms in total. The van der Waals surface area contributed by atoms with Crippen LogP contribution in [0.5, 0.6) is 11.5 Å². The summed E-state index contributed by atoms with van der Waals surface area (Å²) in [5.41, 5.74) is 3.47. The van der Waals surface area contributed by atoms with Crippen molar-refractivity contribution in [2.24, 2.45) is 0 Å². The number of nitrogens with zero attached hydrogens (tertiary/aromatic N) is 2. The van der Waals surface area contributed by atoms with Gasteiger partial charge < -0.3 is 9.47 Å². The van der Waals surface area contributed by atoms with E-state index in [0.29, 0.717) is 11.7 Å². The fraction of sp³-hybridized carbons (Fsp3) is 0.238. The van der Waals surface area contributed by atoms with Gasteiger partial charge in [0.05, 0.1) is 30.4 Å². The molecular weight excluding hydrogens is 406 g/mol. The predicted molar refractivity (Wildman–Crippen MR) is 116 cm³/mol. The second kappa shape index (κ2) is 8.91. The van der Waals surface area contributed by atoms with Gasteiger partial charge in [-0.15, -0.1) is 11.3 Å². The molecule has 2 aromatic carbocycles. The third kappa shape index (κ3) is 4.41. The van der Waals surface area contributed by atoms with Crippen LogP contribution in [0.25, 0.3) is 11.3 Å². The van der Waals surface area contributed by atoms with Gasteiger partial charge in [-0.3, -0.25) is 20.2 Å². The molecule has 0 spiro atoms. The first kappa shape index (κ1) is 21.3. The first-order valence-electron chi connectivity index (χ1n) is 9.17. The number of rotatable bonds is 7. The summed E-state index contributed by atoms with van der Waals surface area (Å²) in [6.07, 6.45) is 0. The maximum absolute atomic E-state index is 12.8. The highest BCUT2D eigenvalue weighted by Gasteiger charge is 2.25. The van der Waals surface area contributed by atoms with Gasteiger partial charge >= 0.3 is 0 Å². The quantitative estimate of drug-likeness (QED) is 0.421. The molecule has 156 valence electrons. The number of nitrogens with one attached hydrogen (secondary N) is 1. The fourth-order valence-corrected chi connectivity index (χ4v) is 3.55. The van der Waals surface area contributed by atoms with Crippen molar-refractivity contribution < 1.29 is 19.2 Å². The van der Waals surface area contributed by atoms with E-state index in [0.717, 1.165) is 16.8 Å². The molecule has 0 saturated carbocycles. The summed E-state index contributed by atoms with van der Waals surface area (Å²) < 4.78 is 10.6. The zero-order valence-corrected chi connectivity index (χ0v) is 17.8. The van der Waals surface area contributed by atoms with Gasteiger partial charge in [-0.05, 0) is 38.0 Å². The largest absolute Gasteiger partial charge is 0.493 e. The monoisotopic (exact) mass is 427 g/mol. The lowest BCUT2D eigenvalue weighted by atomic mass is 10.1. The van der Waals surface area contributed by atoms with Crippen LogP contribution in [0.15, 0.2) is 35.7 Å². The van der Waals surface area contributed by atoms with Crippen LogP contribution >= 0.6 is 11.3 Å². The smallest absolute Gasteiger partial charge is 0.286 e. The molecule has 0 aliphatic rings. The number of ether oxygens (including phenoxy) is 2. The molecule has 0 bridgehead atoms. The van der Waals surface area contributed by atoms with Gasteiger partial charge in [-0.2, -0.15) is 0 Å². The third-order valence-corrected chi connectivity index (χ3v) is 5.31. The van der Waals surface area contributed by atoms with Gasteiger partial charge in [0, 0.05) is 17.0 Å². The number of carbonyl (C=O) groups excluding carboxylic acids is 1. The lowest BCUT2D eigenvalue weighted by Crippen LogP contribution is -2.14. The van der Waals surface area contributed by atoms with Crippen LogP contribution in [-0.2, 0) is 0 Å². The molecule has 0 aliphatic carbocycles. The van der Waals surface area contributed by atoms with Crippen molar-refractivity contribution >= 4 is 28.1 Å². The minimum atomic E-state index is -0.647. The number of aryl methyl sites for hydroxylation is 2. The summed E-state index contributed by atoms with van der Waals surface area (Å²) in [4.78, 5) is 28.1. The van der Waals surface area contributed by atoms with Crippen LogP contribution in [0.4, 0.5) is 10.8 Å². The van der Waals surface area contributed by atoms with Gasteiger partial charge in [0.25, 0.3) is 11.6 Å². The molecule has 9 heteroatoms. The Hall–Kier alpha value is -3.46. The molecule has 30 heavy (non-hydrogen) atoms. The molecule has 3 aromatic rings. The molecule has 0 unspecified atom stereocenters. The molecule has 1 amide bonds. The maximum Gasteiger partial charge on any atom is 0.286 e. The molecule has 0 radical (unpaired) electrons. The summed E-state index contributed by atoms with van der Waals surface area (Å²) in [6.45, 7) is 6.14. The molecule has 0 aliphatic heterocycles. The number of hydrogen-bond donors (Lipinski definition) is 1. The topological polar surface area (TPSA) is 104 Å². The molecule has 1 heterocycles. The Morgan fingerprint density at radius 3 is 2.60 bits per heavy atom. The fourth-order valence-electron chi connectivity index (χ4n) is 2.84. The number of aromatic nitrogens is 1. The number of amides is 1. The van der Waals surface area contributed by atoms with Crippen molar-refractivity contribution in [3.8, 4) is 22.8 Å². The average Bonchev–Trinajstić information content (AvgIpc) is 3.18. The van der Waals surface area contributed by atoms with Crippen molar-refractivity contribution in [2.45, 2.75) is 20.8 Å². The average molecular weight is 427 g/mol. The van der Waals surface area contributed by atoms with E-state index in [-0.39, 0.29) is 22.7 Å². The summed E-state index contributed by atoms with van der Waals surface area (Å²) in [5, 5.41) is 16.3. The van der Waals surface area contributed by atoms with Crippen LogP contribution in [0.2, 0.25) is 0 Å². The lowest BCUT2D eigenvalue weighted by molar-refractivity contribution is -0.385. The van der Waals surface area contributed by atoms with Gasteiger partial charge in [-0.25, -0.2) is 4.98 Å². The maximum atomic E-state index is 12.8. The zero-order valence-electron chi connectivity index (χ0n) is 17.0. The Bertz CT molecular complexity index is 1110. The van der Waals surface area contributed by atoms with Crippen LogP contribution in [0.1, 0.15) is 28.4 Å². The van der Waals surface area contributed by atoms with E-state index in [1.807, 2.05) is 37.4 Å². The number of thiazole rings is 1. The molecule has 1 aromatic heterocycles. The normalized spacial score (nSPS) is 10.5. The van der Waals surface area contributed by atoms with Crippen molar-refractivity contribution in [3.05, 3.63) is 62.5 Å². The van der Waals surface area contributed by atoms with Gasteiger partial charge in [0.2, 0.25) is 0 Å². The number of benzene rings is 2. The standard InChI is InChI=1S/C21H21N3O5S/c1-5-29-19-9-15(17(24(26)27)10-18(19)28-4)20(25)23-21-22-16(11-30-21)14-7-6-12(2)13(3)8-14/h6-11H,5H2,1-4H3,(H,22,23,25). The number of methoxy groups -OCH3 is 1. The van der Waals surface area contributed by atoms with Crippen molar-refractivity contribution in [1.29, 1.82) is 0 Å².